The van der Waals surface area contributed by atoms with Crippen LogP contribution < -0.4 is 5.73 Å². The van der Waals surface area contributed by atoms with Gasteiger partial charge < -0.3 is 20.1 Å². The van der Waals surface area contributed by atoms with E-state index in [9.17, 15) is 4.79 Å². The lowest BCUT2D eigenvalue weighted by Crippen LogP contribution is -2.48. The maximum atomic E-state index is 11.9. The molecule has 0 aliphatic carbocycles. The minimum atomic E-state index is -0.432. The Morgan fingerprint density at radius 2 is 2.00 bits per heavy atom. The number of hydrogen-bond acceptors (Lipinski definition) is 4. The fourth-order valence-corrected chi connectivity index (χ4v) is 2.65. The summed E-state index contributed by atoms with van der Waals surface area (Å²) in [6.07, 6.45) is 2.41. The number of nitrogens with two attached hydrogens (primary N) is 1. The lowest BCUT2D eigenvalue weighted by Gasteiger charge is -2.38. The number of rotatable bonds is 0. The molecule has 104 valence electrons. The molecule has 5 nitrogen and oxygen atoms in total. The van der Waals surface area contributed by atoms with Crippen molar-refractivity contribution in [3.05, 3.63) is 0 Å². The van der Waals surface area contributed by atoms with Crippen LogP contribution in [-0.2, 0) is 9.47 Å². The van der Waals surface area contributed by atoms with E-state index in [0.717, 1.165) is 19.3 Å². The van der Waals surface area contributed by atoms with Crippen molar-refractivity contribution in [2.45, 2.75) is 57.3 Å². The minimum Gasteiger partial charge on any atom is -0.444 e. The second-order valence-corrected chi connectivity index (χ2v) is 6.43. The van der Waals surface area contributed by atoms with Gasteiger partial charge in [0.2, 0.25) is 0 Å². The summed E-state index contributed by atoms with van der Waals surface area (Å²) in [6, 6.07) is 0.151. The SMILES string of the molecule is CC(C)(C)OC(=O)N1CCC2(CC1)CC(N)CO2. The van der Waals surface area contributed by atoms with E-state index in [4.69, 9.17) is 15.2 Å². The van der Waals surface area contributed by atoms with Crippen LogP contribution in [0, 0.1) is 0 Å². The number of likely N-dealkylation sites (tertiary alicyclic amines) is 1. The van der Waals surface area contributed by atoms with Crippen molar-refractivity contribution >= 4 is 6.09 Å². The highest BCUT2D eigenvalue weighted by Gasteiger charge is 2.42. The number of amides is 1. The Kier molecular flexibility index (Phi) is 3.56. The van der Waals surface area contributed by atoms with Gasteiger partial charge in [-0.15, -0.1) is 0 Å². The molecule has 1 spiro atoms. The first-order valence-corrected chi connectivity index (χ1v) is 6.67. The van der Waals surface area contributed by atoms with Crippen molar-refractivity contribution in [1.82, 2.24) is 4.90 Å². The fourth-order valence-electron chi connectivity index (χ4n) is 2.65. The lowest BCUT2D eigenvalue weighted by atomic mass is 9.88. The third-order valence-corrected chi connectivity index (χ3v) is 3.56. The van der Waals surface area contributed by atoms with Crippen LogP contribution in [0.3, 0.4) is 0 Å². The normalized spacial score (nSPS) is 27.6. The third-order valence-electron chi connectivity index (χ3n) is 3.56. The highest BCUT2D eigenvalue weighted by atomic mass is 16.6. The predicted octanol–water partition coefficient (Wildman–Crippen LogP) is 1.50. The average Bonchev–Trinajstić information content (AvgIpc) is 2.58. The number of hydrogen-bond donors (Lipinski definition) is 1. The van der Waals surface area contributed by atoms with Gasteiger partial charge in [-0.2, -0.15) is 0 Å². The molecule has 0 aromatic heterocycles. The standard InChI is InChI=1S/C13H24N2O3/c1-12(2,3)18-11(16)15-6-4-13(5-7-15)8-10(14)9-17-13/h10H,4-9,14H2,1-3H3. The molecular formula is C13H24N2O3. The minimum absolute atomic E-state index is 0.0854. The molecule has 0 saturated carbocycles. The molecular weight excluding hydrogens is 232 g/mol. The van der Waals surface area contributed by atoms with Crippen molar-refractivity contribution in [3.63, 3.8) is 0 Å². The summed E-state index contributed by atoms with van der Waals surface area (Å²) in [5.41, 5.74) is 5.37. The first-order chi connectivity index (χ1) is 8.30. The smallest absolute Gasteiger partial charge is 0.410 e. The van der Waals surface area contributed by atoms with E-state index >= 15 is 0 Å². The molecule has 2 N–H and O–H groups in total. The predicted molar refractivity (Wildman–Crippen MR) is 68.3 cm³/mol. The van der Waals surface area contributed by atoms with Crippen LogP contribution in [0.2, 0.25) is 0 Å². The van der Waals surface area contributed by atoms with Gasteiger partial charge in [0.25, 0.3) is 0 Å². The molecule has 0 bridgehead atoms. The Labute approximate surface area is 109 Å². The van der Waals surface area contributed by atoms with E-state index < -0.39 is 5.60 Å². The van der Waals surface area contributed by atoms with Crippen LogP contribution >= 0.6 is 0 Å². The molecule has 2 aliphatic rings. The van der Waals surface area contributed by atoms with Crippen LogP contribution in [0.25, 0.3) is 0 Å². The number of nitrogens with zero attached hydrogens (tertiary/aromatic N) is 1. The van der Waals surface area contributed by atoms with Crippen LogP contribution in [0.1, 0.15) is 40.0 Å². The second kappa shape index (κ2) is 4.70. The second-order valence-electron chi connectivity index (χ2n) is 6.43. The number of ether oxygens (including phenoxy) is 2. The lowest BCUT2D eigenvalue weighted by molar-refractivity contribution is -0.0485. The van der Waals surface area contributed by atoms with Crippen molar-refractivity contribution in [1.29, 1.82) is 0 Å². The summed E-state index contributed by atoms with van der Waals surface area (Å²) in [5.74, 6) is 0. The molecule has 5 heteroatoms. The fraction of sp³-hybridized carbons (Fsp3) is 0.923. The summed E-state index contributed by atoms with van der Waals surface area (Å²) >= 11 is 0. The van der Waals surface area contributed by atoms with Crippen molar-refractivity contribution in [2.75, 3.05) is 19.7 Å². The first kappa shape index (κ1) is 13.6. The Bertz CT molecular complexity index is 317. The summed E-state index contributed by atoms with van der Waals surface area (Å²) in [5, 5.41) is 0. The van der Waals surface area contributed by atoms with Gasteiger partial charge in [0, 0.05) is 19.1 Å². The van der Waals surface area contributed by atoms with Crippen molar-refractivity contribution < 1.29 is 14.3 Å². The van der Waals surface area contributed by atoms with E-state index in [1.807, 2.05) is 20.8 Å². The van der Waals surface area contributed by atoms with Crippen molar-refractivity contribution in [2.24, 2.45) is 5.73 Å². The van der Waals surface area contributed by atoms with Gasteiger partial charge in [0.05, 0.1) is 12.2 Å². The third kappa shape index (κ3) is 3.14. The molecule has 2 saturated heterocycles. The quantitative estimate of drug-likeness (QED) is 0.713. The van der Waals surface area contributed by atoms with Gasteiger partial charge >= 0.3 is 6.09 Å². The van der Waals surface area contributed by atoms with Gasteiger partial charge in [-0.3, -0.25) is 0 Å². The van der Waals surface area contributed by atoms with Gasteiger partial charge in [-0.05, 0) is 40.0 Å². The molecule has 0 aromatic rings. The monoisotopic (exact) mass is 256 g/mol. The number of carbonyl (C=O) groups is 1. The molecule has 2 rings (SSSR count). The summed E-state index contributed by atoms with van der Waals surface area (Å²) in [7, 11) is 0. The highest BCUT2D eigenvalue weighted by molar-refractivity contribution is 5.68. The summed E-state index contributed by atoms with van der Waals surface area (Å²) < 4.78 is 11.2. The van der Waals surface area contributed by atoms with E-state index in [0.29, 0.717) is 19.7 Å². The van der Waals surface area contributed by atoms with Gasteiger partial charge in [0.1, 0.15) is 5.60 Å². The molecule has 2 aliphatic heterocycles. The first-order valence-electron chi connectivity index (χ1n) is 6.67. The van der Waals surface area contributed by atoms with Crippen LogP contribution in [0.5, 0.6) is 0 Å². The van der Waals surface area contributed by atoms with Gasteiger partial charge in [-0.1, -0.05) is 0 Å². The van der Waals surface area contributed by atoms with Gasteiger partial charge in [-0.25, -0.2) is 4.79 Å². The Hall–Kier alpha value is -0.810. The molecule has 1 atom stereocenters. The Balaban J connectivity index is 1.85. The molecule has 0 aromatic carbocycles. The zero-order valence-corrected chi connectivity index (χ0v) is 11.6. The number of piperidine rings is 1. The van der Waals surface area contributed by atoms with Crippen LogP contribution in [0.4, 0.5) is 4.79 Å². The Morgan fingerprint density at radius 3 is 2.44 bits per heavy atom. The Morgan fingerprint density at radius 1 is 1.39 bits per heavy atom. The maximum Gasteiger partial charge on any atom is 0.410 e. The van der Waals surface area contributed by atoms with E-state index in [1.165, 1.54) is 0 Å². The zero-order valence-electron chi connectivity index (χ0n) is 11.6. The largest absolute Gasteiger partial charge is 0.444 e. The average molecular weight is 256 g/mol. The zero-order chi connectivity index (χ0) is 13.4. The molecule has 18 heavy (non-hydrogen) atoms. The molecule has 1 amide bonds. The topological polar surface area (TPSA) is 64.8 Å². The molecule has 0 radical (unpaired) electrons. The number of carbonyl (C=O) groups excluding carboxylic acids is 1. The molecule has 2 fully saturated rings. The molecule has 1 unspecified atom stereocenters. The van der Waals surface area contributed by atoms with Crippen LogP contribution in [0.15, 0.2) is 0 Å². The highest BCUT2D eigenvalue weighted by Crippen LogP contribution is 2.35. The van der Waals surface area contributed by atoms with E-state index in [-0.39, 0.29) is 17.7 Å². The van der Waals surface area contributed by atoms with Crippen LogP contribution in [-0.4, -0.2) is 47.9 Å². The maximum absolute atomic E-state index is 11.9. The molecule has 2 heterocycles. The summed E-state index contributed by atoms with van der Waals surface area (Å²) in [6.45, 7) is 7.69. The summed E-state index contributed by atoms with van der Waals surface area (Å²) in [4.78, 5) is 13.7. The van der Waals surface area contributed by atoms with E-state index in [2.05, 4.69) is 0 Å². The van der Waals surface area contributed by atoms with E-state index in [1.54, 1.807) is 4.90 Å². The van der Waals surface area contributed by atoms with Crippen molar-refractivity contribution in [3.8, 4) is 0 Å². The van der Waals surface area contributed by atoms with Gasteiger partial charge in [0.15, 0.2) is 0 Å².